The molecule has 1 fully saturated rings. The van der Waals surface area contributed by atoms with E-state index in [9.17, 15) is 0 Å². The molecule has 2 nitrogen and oxygen atoms in total. The molecule has 2 atom stereocenters. The quantitative estimate of drug-likeness (QED) is 0.768. The second kappa shape index (κ2) is 5.55. The van der Waals surface area contributed by atoms with Crippen molar-refractivity contribution in [2.75, 3.05) is 6.54 Å². The van der Waals surface area contributed by atoms with Crippen molar-refractivity contribution in [3.05, 3.63) is 12.3 Å². The number of allylic oxidation sites excluding steroid dienone is 1. The molecule has 0 radical (unpaired) electrons. The van der Waals surface area contributed by atoms with Gasteiger partial charge in [0.15, 0.2) is 0 Å². The fourth-order valence-corrected chi connectivity index (χ4v) is 2.68. The molecule has 0 spiro atoms. The standard InChI is InChI=1S/C13H23NO/c1-11(12-6-2-3-7-12)14-10-13-8-4-5-9-15-13/h5,9,11-14H,2-4,6-8,10H2,1H3/t11-,13?/m0/s1. The minimum atomic E-state index is 0.402. The van der Waals surface area contributed by atoms with Gasteiger partial charge in [-0.3, -0.25) is 0 Å². The van der Waals surface area contributed by atoms with Gasteiger partial charge in [-0.25, -0.2) is 0 Å². The fraction of sp³-hybridized carbons (Fsp3) is 0.846. The maximum Gasteiger partial charge on any atom is 0.110 e. The Morgan fingerprint density at radius 1 is 1.33 bits per heavy atom. The summed E-state index contributed by atoms with van der Waals surface area (Å²) in [6.45, 7) is 3.34. The summed E-state index contributed by atoms with van der Waals surface area (Å²) in [4.78, 5) is 0. The molecule has 1 saturated carbocycles. The Hall–Kier alpha value is -0.500. The molecule has 0 amide bonds. The first-order chi connectivity index (χ1) is 7.36. The highest BCUT2D eigenvalue weighted by Crippen LogP contribution is 2.27. The third kappa shape index (κ3) is 3.23. The van der Waals surface area contributed by atoms with Gasteiger partial charge in [-0.2, -0.15) is 0 Å². The van der Waals surface area contributed by atoms with E-state index in [0.29, 0.717) is 12.1 Å². The molecule has 2 heteroatoms. The van der Waals surface area contributed by atoms with Gasteiger partial charge < -0.3 is 10.1 Å². The van der Waals surface area contributed by atoms with Gasteiger partial charge in [0.25, 0.3) is 0 Å². The van der Waals surface area contributed by atoms with Crippen molar-refractivity contribution in [3.63, 3.8) is 0 Å². The highest BCUT2D eigenvalue weighted by atomic mass is 16.5. The van der Waals surface area contributed by atoms with Gasteiger partial charge in [0.2, 0.25) is 0 Å². The summed E-state index contributed by atoms with van der Waals surface area (Å²) in [6, 6.07) is 0.669. The number of rotatable bonds is 4. The molecule has 2 aliphatic rings. The molecule has 0 saturated heterocycles. The van der Waals surface area contributed by atoms with Gasteiger partial charge >= 0.3 is 0 Å². The lowest BCUT2D eigenvalue weighted by Gasteiger charge is -2.25. The van der Waals surface area contributed by atoms with Gasteiger partial charge in [-0.15, -0.1) is 0 Å². The van der Waals surface area contributed by atoms with E-state index in [-0.39, 0.29) is 0 Å². The van der Waals surface area contributed by atoms with Crippen LogP contribution in [0.5, 0.6) is 0 Å². The van der Waals surface area contributed by atoms with Crippen LogP contribution in [0.15, 0.2) is 12.3 Å². The second-order valence-electron chi connectivity index (χ2n) is 4.95. The van der Waals surface area contributed by atoms with E-state index in [1.54, 1.807) is 0 Å². The highest BCUT2D eigenvalue weighted by molar-refractivity contribution is 4.84. The van der Waals surface area contributed by atoms with Crippen LogP contribution in [-0.2, 0) is 4.74 Å². The van der Waals surface area contributed by atoms with Crippen LogP contribution < -0.4 is 5.32 Å². The first-order valence-electron chi connectivity index (χ1n) is 6.40. The summed E-state index contributed by atoms with van der Waals surface area (Å²) in [5, 5.41) is 3.64. The van der Waals surface area contributed by atoms with Gasteiger partial charge in [-0.1, -0.05) is 12.8 Å². The largest absolute Gasteiger partial charge is 0.497 e. The van der Waals surface area contributed by atoms with Crippen molar-refractivity contribution in [3.8, 4) is 0 Å². The van der Waals surface area contributed by atoms with Crippen LogP contribution in [0.2, 0.25) is 0 Å². The number of hydrogen-bond acceptors (Lipinski definition) is 2. The third-order valence-electron chi connectivity index (χ3n) is 3.80. The lowest BCUT2D eigenvalue weighted by atomic mass is 9.99. The minimum absolute atomic E-state index is 0.402. The number of nitrogens with one attached hydrogen (secondary N) is 1. The lowest BCUT2D eigenvalue weighted by Crippen LogP contribution is -2.38. The third-order valence-corrected chi connectivity index (χ3v) is 3.80. The summed E-state index contributed by atoms with van der Waals surface area (Å²) < 4.78 is 5.55. The Balaban J connectivity index is 1.65. The van der Waals surface area contributed by atoms with E-state index < -0.39 is 0 Å². The van der Waals surface area contributed by atoms with E-state index in [0.717, 1.165) is 12.5 Å². The van der Waals surface area contributed by atoms with Gasteiger partial charge in [-0.05, 0) is 44.6 Å². The van der Waals surface area contributed by atoms with Gasteiger partial charge in [0.05, 0.1) is 6.26 Å². The van der Waals surface area contributed by atoms with E-state index in [1.165, 1.54) is 38.5 Å². The molecule has 1 unspecified atom stereocenters. The normalized spacial score (nSPS) is 29.0. The summed E-state index contributed by atoms with van der Waals surface area (Å²) >= 11 is 0. The molecule has 0 aromatic heterocycles. The maximum atomic E-state index is 5.55. The van der Waals surface area contributed by atoms with Crippen molar-refractivity contribution < 1.29 is 4.74 Å². The molecule has 2 rings (SSSR count). The predicted molar refractivity (Wildman–Crippen MR) is 62.7 cm³/mol. The zero-order chi connectivity index (χ0) is 10.5. The van der Waals surface area contributed by atoms with Gasteiger partial charge in [0, 0.05) is 12.6 Å². The lowest BCUT2D eigenvalue weighted by molar-refractivity contribution is 0.117. The monoisotopic (exact) mass is 209 g/mol. The van der Waals surface area contributed by atoms with Crippen molar-refractivity contribution in [1.82, 2.24) is 5.32 Å². The fourth-order valence-electron chi connectivity index (χ4n) is 2.68. The van der Waals surface area contributed by atoms with E-state index >= 15 is 0 Å². The average molecular weight is 209 g/mol. The predicted octanol–water partition coefficient (Wildman–Crippen LogP) is 2.85. The second-order valence-corrected chi connectivity index (χ2v) is 4.95. The number of hydrogen-bond donors (Lipinski definition) is 1. The molecule has 1 N–H and O–H groups in total. The summed E-state index contributed by atoms with van der Waals surface area (Å²) in [5.41, 5.74) is 0. The Bertz CT molecular complexity index is 209. The smallest absolute Gasteiger partial charge is 0.110 e. The van der Waals surface area contributed by atoms with Crippen molar-refractivity contribution >= 4 is 0 Å². The highest BCUT2D eigenvalue weighted by Gasteiger charge is 2.22. The van der Waals surface area contributed by atoms with Crippen LogP contribution in [0.25, 0.3) is 0 Å². The maximum absolute atomic E-state index is 5.55. The van der Waals surface area contributed by atoms with Crippen molar-refractivity contribution in [1.29, 1.82) is 0 Å². The Morgan fingerprint density at radius 3 is 2.80 bits per heavy atom. The first kappa shape index (κ1) is 11.0. The zero-order valence-electron chi connectivity index (χ0n) is 9.74. The van der Waals surface area contributed by atoms with Crippen LogP contribution in [0.4, 0.5) is 0 Å². The van der Waals surface area contributed by atoms with Crippen molar-refractivity contribution in [2.45, 2.75) is 57.6 Å². The molecule has 1 aliphatic heterocycles. The topological polar surface area (TPSA) is 21.3 Å². The molecule has 0 aromatic rings. The summed E-state index contributed by atoms with van der Waals surface area (Å²) in [5.74, 6) is 0.907. The SMILES string of the molecule is C[C@H](NCC1CCC=CO1)C1CCCC1. The molecule has 0 bridgehead atoms. The van der Waals surface area contributed by atoms with E-state index in [4.69, 9.17) is 4.74 Å². The molecule has 1 aliphatic carbocycles. The Labute approximate surface area is 93.1 Å². The zero-order valence-corrected chi connectivity index (χ0v) is 9.74. The molecule has 0 aromatic carbocycles. The molecular formula is C13H23NO. The summed E-state index contributed by atoms with van der Waals surface area (Å²) in [6.07, 6.45) is 12.4. The first-order valence-corrected chi connectivity index (χ1v) is 6.40. The molecule has 15 heavy (non-hydrogen) atoms. The Kier molecular flexibility index (Phi) is 4.07. The number of ether oxygens (including phenoxy) is 1. The molecular weight excluding hydrogens is 186 g/mol. The molecule has 86 valence electrons. The van der Waals surface area contributed by atoms with E-state index in [2.05, 4.69) is 18.3 Å². The average Bonchev–Trinajstić information content (AvgIpc) is 2.81. The van der Waals surface area contributed by atoms with Crippen LogP contribution >= 0.6 is 0 Å². The van der Waals surface area contributed by atoms with Crippen LogP contribution in [0.1, 0.15) is 45.4 Å². The van der Waals surface area contributed by atoms with Gasteiger partial charge in [0.1, 0.15) is 6.10 Å². The van der Waals surface area contributed by atoms with Crippen LogP contribution in [-0.4, -0.2) is 18.7 Å². The molecule has 1 heterocycles. The Morgan fingerprint density at radius 2 is 2.13 bits per heavy atom. The summed E-state index contributed by atoms with van der Waals surface area (Å²) in [7, 11) is 0. The van der Waals surface area contributed by atoms with Crippen LogP contribution in [0.3, 0.4) is 0 Å². The minimum Gasteiger partial charge on any atom is -0.497 e. The van der Waals surface area contributed by atoms with Crippen molar-refractivity contribution in [2.24, 2.45) is 5.92 Å². The van der Waals surface area contributed by atoms with Crippen LogP contribution in [0, 0.1) is 5.92 Å². The van der Waals surface area contributed by atoms with E-state index in [1.807, 2.05) is 6.26 Å².